The van der Waals surface area contributed by atoms with E-state index >= 15 is 0 Å². The molecule has 0 amide bonds. The molecule has 1 unspecified atom stereocenters. The van der Waals surface area contributed by atoms with Gasteiger partial charge in [-0.1, -0.05) is 13.8 Å². The summed E-state index contributed by atoms with van der Waals surface area (Å²) in [6.07, 6.45) is 0. The lowest BCUT2D eigenvalue weighted by molar-refractivity contribution is -0.137. The first-order valence-corrected chi connectivity index (χ1v) is 5.95. The summed E-state index contributed by atoms with van der Waals surface area (Å²) in [4.78, 5) is 11.8. The van der Waals surface area contributed by atoms with Gasteiger partial charge in [-0.15, -0.1) is 11.8 Å². The molecule has 0 aromatic heterocycles. The molecule has 1 rings (SSSR count). The van der Waals surface area contributed by atoms with Gasteiger partial charge in [0.25, 0.3) is 0 Å². The minimum Gasteiger partial charge on any atom is -0.480 e. The average molecular weight is 242 g/mol. The summed E-state index contributed by atoms with van der Waals surface area (Å²) in [7, 11) is 0. The lowest BCUT2D eigenvalue weighted by atomic mass is 10.1. The summed E-state index contributed by atoms with van der Waals surface area (Å²) in [5.74, 6) is -1.06. The van der Waals surface area contributed by atoms with Crippen molar-refractivity contribution in [3.8, 4) is 0 Å². The molecule has 88 valence electrons. The van der Waals surface area contributed by atoms with Crippen LogP contribution in [0, 0.1) is 18.7 Å². The molecule has 0 saturated carbocycles. The van der Waals surface area contributed by atoms with Gasteiger partial charge in [-0.05, 0) is 36.6 Å². The summed E-state index contributed by atoms with van der Waals surface area (Å²) in [5.41, 5.74) is 0.540. The Morgan fingerprint density at radius 2 is 2.06 bits per heavy atom. The molecule has 1 aromatic carbocycles. The van der Waals surface area contributed by atoms with E-state index in [9.17, 15) is 9.18 Å². The largest absolute Gasteiger partial charge is 0.480 e. The highest BCUT2D eigenvalue weighted by Gasteiger charge is 2.22. The van der Waals surface area contributed by atoms with Crippen LogP contribution in [0.3, 0.4) is 0 Å². The number of aliphatic carboxylic acids is 1. The molecule has 0 spiro atoms. The first-order valence-electron chi connectivity index (χ1n) is 5.07. The van der Waals surface area contributed by atoms with Crippen LogP contribution in [0.25, 0.3) is 0 Å². The van der Waals surface area contributed by atoms with Crippen LogP contribution in [-0.4, -0.2) is 16.3 Å². The summed E-state index contributed by atoms with van der Waals surface area (Å²) >= 11 is 1.26. The van der Waals surface area contributed by atoms with Gasteiger partial charge in [0.2, 0.25) is 0 Å². The van der Waals surface area contributed by atoms with Gasteiger partial charge >= 0.3 is 5.97 Å². The van der Waals surface area contributed by atoms with Gasteiger partial charge in [0, 0.05) is 4.90 Å². The first kappa shape index (κ1) is 13.0. The molecule has 2 nitrogen and oxygen atoms in total. The van der Waals surface area contributed by atoms with Gasteiger partial charge in [-0.2, -0.15) is 0 Å². The molecule has 4 heteroatoms. The van der Waals surface area contributed by atoms with Gasteiger partial charge in [-0.25, -0.2) is 4.39 Å². The van der Waals surface area contributed by atoms with E-state index in [0.29, 0.717) is 5.56 Å². The fourth-order valence-electron chi connectivity index (χ4n) is 1.31. The maximum Gasteiger partial charge on any atom is 0.317 e. The van der Waals surface area contributed by atoms with Crippen molar-refractivity contribution in [2.75, 3.05) is 0 Å². The molecule has 1 N–H and O–H groups in total. The average Bonchev–Trinajstić information content (AvgIpc) is 2.18. The Morgan fingerprint density at radius 1 is 1.44 bits per heavy atom. The Balaban J connectivity index is 2.86. The van der Waals surface area contributed by atoms with Crippen molar-refractivity contribution in [2.24, 2.45) is 5.92 Å². The Bertz CT molecular complexity index is 391. The lowest BCUT2D eigenvalue weighted by Crippen LogP contribution is -2.22. The van der Waals surface area contributed by atoms with Crippen molar-refractivity contribution in [1.29, 1.82) is 0 Å². The molecule has 1 aromatic rings. The van der Waals surface area contributed by atoms with Gasteiger partial charge in [0.15, 0.2) is 0 Å². The van der Waals surface area contributed by atoms with Gasteiger partial charge in [-0.3, -0.25) is 4.79 Å². The van der Waals surface area contributed by atoms with Crippen molar-refractivity contribution in [1.82, 2.24) is 0 Å². The van der Waals surface area contributed by atoms with Crippen molar-refractivity contribution in [2.45, 2.75) is 30.9 Å². The van der Waals surface area contributed by atoms with Crippen LogP contribution in [0.1, 0.15) is 19.4 Å². The second-order valence-corrected chi connectivity index (χ2v) is 5.25. The van der Waals surface area contributed by atoms with Crippen LogP contribution in [0.5, 0.6) is 0 Å². The maximum absolute atomic E-state index is 13.0. The fourth-order valence-corrected chi connectivity index (χ4v) is 2.37. The van der Waals surface area contributed by atoms with Crippen LogP contribution < -0.4 is 0 Å². The van der Waals surface area contributed by atoms with E-state index in [1.807, 2.05) is 13.8 Å². The van der Waals surface area contributed by atoms with E-state index < -0.39 is 11.2 Å². The maximum atomic E-state index is 13.0. The Labute approximate surface area is 98.9 Å². The molecule has 0 heterocycles. The van der Waals surface area contributed by atoms with Crippen molar-refractivity contribution < 1.29 is 14.3 Å². The summed E-state index contributed by atoms with van der Waals surface area (Å²) in [6, 6.07) is 4.67. The number of thioether (sulfide) groups is 1. The van der Waals surface area contributed by atoms with Crippen LogP contribution in [0.2, 0.25) is 0 Å². The Kier molecular flexibility index (Phi) is 4.35. The summed E-state index contributed by atoms with van der Waals surface area (Å²) < 4.78 is 13.0. The van der Waals surface area contributed by atoms with Gasteiger partial charge < -0.3 is 5.11 Å². The number of rotatable bonds is 4. The number of halogens is 1. The standard InChI is InChI=1S/C12H15FO2S/c1-7(2)11(12(14)15)16-9-4-5-10(13)8(3)6-9/h4-7,11H,1-3H3,(H,14,15). The molecule has 0 aliphatic rings. The van der Waals surface area contributed by atoms with Crippen molar-refractivity contribution >= 4 is 17.7 Å². The highest BCUT2D eigenvalue weighted by atomic mass is 32.2. The van der Waals surface area contributed by atoms with E-state index in [-0.39, 0.29) is 11.7 Å². The zero-order valence-corrected chi connectivity index (χ0v) is 10.3. The molecular weight excluding hydrogens is 227 g/mol. The van der Waals surface area contributed by atoms with E-state index in [0.717, 1.165) is 4.90 Å². The molecular formula is C12H15FO2S. The highest BCUT2D eigenvalue weighted by molar-refractivity contribution is 8.00. The topological polar surface area (TPSA) is 37.3 Å². The van der Waals surface area contributed by atoms with Gasteiger partial charge in [0.05, 0.1) is 0 Å². The predicted octanol–water partition coefficient (Wildman–Crippen LogP) is 3.34. The molecule has 0 fully saturated rings. The normalized spacial score (nSPS) is 12.8. The number of hydrogen-bond acceptors (Lipinski definition) is 2. The molecule has 16 heavy (non-hydrogen) atoms. The van der Waals surface area contributed by atoms with E-state index in [4.69, 9.17) is 5.11 Å². The molecule has 0 aliphatic heterocycles. The van der Waals surface area contributed by atoms with Crippen LogP contribution in [-0.2, 0) is 4.79 Å². The molecule has 0 bridgehead atoms. The number of carboxylic acid groups (broad SMARTS) is 1. The highest BCUT2D eigenvalue weighted by Crippen LogP contribution is 2.29. The molecule has 0 aliphatic carbocycles. The summed E-state index contributed by atoms with van der Waals surface area (Å²) in [6.45, 7) is 5.40. The molecule has 0 saturated heterocycles. The minimum atomic E-state index is -0.832. The van der Waals surface area contributed by atoms with Crippen molar-refractivity contribution in [3.63, 3.8) is 0 Å². The van der Waals surface area contributed by atoms with E-state index in [1.54, 1.807) is 19.1 Å². The third kappa shape index (κ3) is 3.23. The minimum absolute atomic E-state index is 0.0351. The van der Waals surface area contributed by atoms with Crippen LogP contribution in [0.15, 0.2) is 23.1 Å². The molecule has 0 radical (unpaired) electrons. The smallest absolute Gasteiger partial charge is 0.317 e. The quantitative estimate of drug-likeness (QED) is 0.823. The lowest BCUT2D eigenvalue weighted by Gasteiger charge is -2.15. The van der Waals surface area contributed by atoms with Crippen LogP contribution >= 0.6 is 11.8 Å². The third-order valence-corrected chi connectivity index (χ3v) is 3.77. The number of carboxylic acids is 1. The first-order chi connectivity index (χ1) is 7.41. The van der Waals surface area contributed by atoms with E-state index in [2.05, 4.69) is 0 Å². The van der Waals surface area contributed by atoms with Crippen LogP contribution in [0.4, 0.5) is 4.39 Å². The monoisotopic (exact) mass is 242 g/mol. The zero-order valence-electron chi connectivity index (χ0n) is 9.53. The SMILES string of the molecule is Cc1cc(SC(C(=O)O)C(C)C)ccc1F. The Hall–Kier alpha value is -1.03. The number of aryl methyl sites for hydroxylation is 1. The molecule has 1 atom stereocenters. The number of carbonyl (C=O) groups is 1. The fraction of sp³-hybridized carbons (Fsp3) is 0.417. The third-order valence-electron chi connectivity index (χ3n) is 2.24. The summed E-state index contributed by atoms with van der Waals surface area (Å²) in [5, 5.41) is 8.54. The number of benzene rings is 1. The zero-order chi connectivity index (χ0) is 12.3. The van der Waals surface area contributed by atoms with E-state index in [1.165, 1.54) is 17.8 Å². The number of hydrogen-bond donors (Lipinski definition) is 1. The Morgan fingerprint density at radius 3 is 2.50 bits per heavy atom. The predicted molar refractivity (Wildman–Crippen MR) is 63.3 cm³/mol. The van der Waals surface area contributed by atoms with Crippen molar-refractivity contribution in [3.05, 3.63) is 29.6 Å². The second-order valence-electron chi connectivity index (χ2n) is 4.03. The van der Waals surface area contributed by atoms with Gasteiger partial charge in [0.1, 0.15) is 11.1 Å². The second kappa shape index (κ2) is 5.34.